The van der Waals surface area contributed by atoms with E-state index < -0.39 is 0 Å². The van der Waals surface area contributed by atoms with Crippen LogP contribution in [0.4, 0.5) is 0 Å². The summed E-state index contributed by atoms with van der Waals surface area (Å²) in [6.07, 6.45) is 5.17. The molecule has 1 amide bonds. The molecule has 2 unspecified atom stereocenters. The van der Waals surface area contributed by atoms with Crippen molar-refractivity contribution < 1.29 is 9.90 Å². The van der Waals surface area contributed by atoms with Gasteiger partial charge in [-0.1, -0.05) is 20.3 Å². The molecule has 0 aromatic heterocycles. The van der Waals surface area contributed by atoms with Crippen LogP contribution in [0.15, 0.2) is 0 Å². The standard InChI is InChI=1S/C15H30N2O2/c1-3-4-8-17(9-10-18)15(19)11-13(2)14-6-5-7-16-12-14/h13-14,16,18H,3-12H2,1-2H3. The highest BCUT2D eigenvalue weighted by molar-refractivity contribution is 5.76. The van der Waals surface area contributed by atoms with Crippen LogP contribution < -0.4 is 5.32 Å². The van der Waals surface area contributed by atoms with Crippen molar-refractivity contribution in [2.45, 2.75) is 46.0 Å². The number of hydrogen-bond donors (Lipinski definition) is 2. The molecule has 4 nitrogen and oxygen atoms in total. The Labute approximate surface area is 117 Å². The summed E-state index contributed by atoms with van der Waals surface area (Å²) in [5, 5.41) is 12.5. The molecule has 112 valence electrons. The van der Waals surface area contributed by atoms with E-state index >= 15 is 0 Å². The zero-order valence-corrected chi connectivity index (χ0v) is 12.5. The highest BCUT2D eigenvalue weighted by Gasteiger charge is 2.24. The summed E-state index contributed by atoms with van der Waals surface area (Å²) in [6.45, 7) is 7.80. The number of aliphatic hydroxyl groups excluding tert-OH is 1. The van der Waals surface area contributed by atoms with Gasteiger partial charge in [0.15, 0.2) is 0 Å². The second-order valence-corrected chi connectivity index (χ2v) is 5.75. The molecule has 0 aromatic carbocycles. The zero-order valence-electron chi connectivity index (χ0n) is 12.5. The van der Waals surface area contributed by atoms with Gasteiger partial charge in [0.1, 0.15) is 0 Å². The molecule has 0 saturated carbocycles. The largest absolute Gasteiger partial charge is 0.395 e. The van der Waals surface area contributed by atoms with Crippen molar-refractivity contribution in [3.8, 4) is 0 Å². The maximum absolute atomic E-state index is 12.3. The Morgan fingerprint density at radius 2 is 2.26 bits per heavy atom. The summed E-state index contributed by atoms with van der Waals surface area (Å²) < 4.78 is 0. The maximum Gasteiger partial charge on any atom is 0.222 e. The molecule has 1 aliphatic rings. The highest BCUT2D eigenvalue weighted by atomic mass is 16.3. The van der Waals surface area contributed by atoms with Gasteiger partial charge in [-0.3, -0.25) is 4.79 Å². The fraction of sp³-hybridized carbons (Fsp3) is 0.933. The number of unbranched alkanes of at least 4 members (excludes halogenated alkanes) is 1. The van der Waals surface area contributed by atoms with Crippen molar-refractivity contribution in [2.75, 3.05) is 32.8 Å². The first kappa shape index (κ1) is 16.4. The molecular weight excluding hydrogens is 240 g/mol. The normalized spacial score (nSPS) is 21.1. The average molecular weight is 270 g/mol. The van der Waals surface area contributed by atoms with E-state index in [1.165, 1.54) is 12.8 Å². The van der Waals surface area contributed by atoms with Gasteiger partial charge in [-0.15, -0.1) is 0 Å². The number of nitrogens with one attached hydrogen (secondary N) is 1. The van der Waals surface area contributed by atoms with E-state index in [-0.39, 0.29) is 12.5 Å². The van der Waals surface area contributed by atoms with Gasteiger partial charge in [0.2, 0.25) is 5.91 Å². The molecule has 1 heterocycles. The molecule has 0 aliphatic carbocycles. The van der Waals surface area contributed by atoms with Crippen molar-refractivity contribution in [1.82, 2.24) is 10.2 Å². The maximum atomic E-state index is 12.3. The van der Waals surface area contributed by atoms with Crippen LogP contribution in [-0.4, -0.2) is 48.7 Å². The third-order valence-corrected chi connectivity index (χ3v) is 4.14. The molecule has 2 N–H and O–H groups in total. The quantitative estimate of drug-likeness (QED) is 0.705. The second-order valence-electron chi connectivity index (χ2n) is 5.75. The first-order valence-corrected chi connectivity index (χ1v) is 7.78. The van der Waals surface area contributed by atoms with E-state index in [4.69, 9.17) is 5.11 Å². The predicted octanol–water partition coefficient (Wildman–Crippen LogP) is 1.63. The Kier molecular flexibility index (Phi) is 8.07. The predicted molar refractivity (Wildman–Crippen MR) is 77.9 cm³/mol. The topological polar surface area (TPSA) is 52.6 Å². The summed E-state index contributed by atoms with van der Waals surface area (Å²) in [5.74, 6) is 1.27. The van der Waals surface area contributed by atoms with E-state index in [0.29, 0.717) is 24.8 Å². The Morgan fingerprint density at radius 1 is 1.47 bits per heavy atom. The number of rotatable bonds is 8. The molecule has 1 saturated heterocycles. The van der Waals surface area contributed by atoms with Gasteiger partial charge in [-0.25, -0.2) is 0 Å². The van der Waals surface area contributed by atoms with E-state index in [1.807, 2.05) is 4.90 Å². The lowest BCUT2D eigenvalue weighted by molar-refractivity contribution is -0.133. The number of aliphatic hydroxyl groups is 1. The lowest BCUT2D eigenvalue weighted by Gasteiger charge is -2.30. The third kappa shape index (κ3) is 5.91. The van der Waals surface area contributed by atoms with Gasteiger partial charge >= 0.3 is 0 Å². The average Bonchev–Trinajstić information content (AvgIpc) is 2.44. The van der Waals surface area contributed by atoms with Crippen LogP contribution in [0.3, 0.4) is 0 Å². The first-order valence-electron chi connectivity index (χ1n) is 7.78. The van der Waals surface area contributed by atoms with Crippen molar-refractivity contribution >= 4 is 5.91 Å². The SMILES string of the molecule is CCCCN(CCO)C(=O)CC(C)C1CCCNC1. The summed E-state index contributed by atoms with van der Waals surface area (Å²) in [6, 6.07) is 0. The number of hydrogen-bond acceptors (Lipinski definition) is 3. The van der Waals surface area contributed by atoms with E-state index in [9.17, 15) is 4.79 Å². The highest BCUT2D eigenvalue weighted by Crippen LogP contribution is 2.23. The number of carbonyl (C=O) groups excluding carboxylic acids is 1. The molecular formula is C15H30N2O2. The fourth-order valence-electron chi connectivity index (χ4n) is 2.77. The monoisotopic (exact) mass is 270 g/mol. The minimum atomic E-state index is 0.0643. The van der Waals surface area contributed by atoms with E-state index in [1.54, 1.807) is 0 Å². The number of piperidine rings is 1. The molecule has 0 aromatic rings. The van der Waals surface area contributed by atoms with Crippen LogP contribution in [0.5, 0.6) is 0 Å². The fourth-order valence-corrected chi connectivity index (χ4v) is 2.77. The van der Waals surface area contributed by atoms with Crippen molar-refractivity contribution in [2.24, 2.45) is 11.8 Å². The van der Waals surface area contributed by atoms with Crippen LogP contribution in [-0.2, 0) is 4.79 Å². The van der Waals surface area contributed by atoms with Gasteiger partial charge in [0.05, 0.1) is 6.61 Å². The summed E-state index contributed by atoms with van der Waals surface area (Å²) in [7, 11) is 0. The lowest BCUT2D eigenvalue weighted by atomic mass is 9.85. The first-order chi connectivity index (χ1) is 9.19. The van der Waals surface area contributed by atoms with Gasteiger partial charge in [-0.05, 0) is 44.2 Å². The van der Waals surface area contributed by atoms with Gasteiger partial charge < -0.3 is 15.3 Å². The minimum Gasteiger partial charge on any atom is -0.395 e. The molecule has 0 radical (unpaired) electrons. The van der Waals surface area contributed by atoms with Crippen molar-refractivity contribution in [3.63, 3.8) is 0 Å². The molecule has 1 fully saturated rings. The molecule has 2 atom stereocenters. The van der Waals surface area contributed by atoms with E-state index in [0.717, 1.165) is 32.5 Å². The Morgan fingerprint density at radius 3 is 2.84 bits per heavy atom. The number of amides is 1. The van der Waals surface area contributed by atoms with Crippen LogP contribution in [0, 0.1) is 11.8 Å². The Bertz CT molecular complexity index is 253. The third-order valence-electron chi connectivity index (χ3n) is 4.14. The summed E-state index contributed by atoms with van der Waals surface area (Å²) >= 11 is 0. The van der Waals surface area contributed by atoms with E-state index in [2.05, 4.69) is 19.2 Å². The molecule has 1 aliphatic heterocycles. The van der Waals surface area contributed by atoms with Crippen molar-refractivity contribution in [1.29, 1.82) is 0 Å². The van der Waals surface area contributed by atoms with Crippen molar-refractivity contribution in [3.05, 3.63) is 0 Å². The molecule has 0 bridgehead atoms. The van der Waals surface area contributed by atoms with Crippen LogP contribution >= 0.6 is 0 Å². The number of carbonyl (C=O) groups is 1. The Balaban J connectivity index is 2.40. The molecule has 1 rings (SSSR count). The van der Waals surface area contributed by atoms with Gasteiger partial charge in [-0.2, -0.15) is 0 Å². The minimum absolute atomic E-state index is 0.0643. The van der Waals surface area contributed by atoms with Crippen LogP contribution in [0.1, 0.15) is 46.0 Å². The van der Waals surface area contributed by atoms with Crippen LogP contribution in [0.25, 0.3) is 0 Å². The summed E-state index contributed by atoms with van der Waals surface area (Å²) in [4.78, 5) is 14.1. The second kappa shape index (κ2) is 9.32. The summed E-state index contributed by atoms with van der Waals surface area (Å²) in [5.41, 5.74) is 0. The number of nitrogens with zero attached hydrogens (tertiary/aromatic N) is 1. The lowest BCUT2D eigenvalue weighted by Crippen LogP contribution is -2.38. The molecule has 4 heteroatoms. The molecule has 0 spiro atoms. The van der Waals surface area contributed by atoms with Gasteiger partial charge in [0.25, 0.3) is 0 Å². The smallest absolute Gasteiger partial charge is 0.222 e. The van der Waals surface area contributed by atoms with Crippen LogP contribution in [0.2, 0.25) is 0 Å². The zero-order chi connectivity index (χ0) is 14.1. The van der Waals surface area contributed by atoms with Gasteiger partial charge in [0, 0.05) is 19.5 Å². The Hall–Kier alpha value is -0.610. The molecule has 19 heavy (non-hydrogen) atoms.